The minimum atomic E-state index is -3.96. The Kier molecular flexibility index (Phi) is 12.3. The second-order valence-corrected chi connectivity index (χ2v) is 14.2. The van der Waals surface area contributed by atoms with E-state index < -0.39 is 31.2 Å². The van der Waals surface area contributed by atoms with Gasteiger partial charge in [0.2, 0.25) is 27.8 Å². The fourth-order valence-corrected chi connectivity index (χ4v) is 6.97. The van der Waals surface area contributed by atoms with Gasteiger partial charge in [-0.25, -0.2) is 30.8 Å². The summed E-state index contributed by atoms with van der Waals surface area (Å²) in [6.07, 6.45) is 4.21. The van der Waals surface area contributed by atoms with Crippen LogP contribution in [-0.2, 0) is 36.2 Å². The molecule has 0 atom stereocenters. The first-order valence-electron chi connectivity index (χ1n) is 14.1. The molecule has 0 radical (unpaired) electrons. The van der Waals surface area contributed by atoms with Gasteiger partial charge in [-0.3, -0.25) is 9.59 Å². The number of carbonyl (C=O) groups excluding carboxylic acids is 2. The van der Waals surface area contributed by atoms with Crippen molar-refractivity contribution in [3.63, 3.8) is 0 Å². The van der Waals surface area contributed by atoms with Crippen LogP contribution in [-0.4, -0.2) is 48.2 Å². The van der Waals surface area contributed by atoms with Crippen LogP contribution in [0.5, 0.6) is 0 Å². The fraction of sp³-hybridized carbons (Fsp3) is 0.379. The Hall–Kier alpha value is -3.04. The maximum Gasteiger partial charge on any atom is 1.00 e. The SMILES string of the molecule is CCCC(=O)NS(=O)(=O)c1ccc(Nc2ncc(C)c(Nc3ccc(CN(C(=O)CCC)S(=O)(=O)C4CC4)cc3)n2)cc1.[H-].[Na+]. The number of nitrogens with one attached hydrogen (secondary N) is 3. The van der Waals surface area contributed by atoms with Crippen LogP contribution in [0.15, 0.2) is 59.6 Å². The molecule has 1 aliphatic carbocycles. The summed E-state index contributed by atoms with van der Waals surface area (Å²) in [7, 11) is -7.62. The van der Waals surface area contributed by atoms with Gasteiger partial charge in [-0.2, -0.15) is 4.98 Å². The average Bonchev–Trinajstić information content (AvgIpc) is 3.81. The number of aryl methyl sites for hydroxylation is 1. The zero-order chi connectivity index (χ0) is 31.2. The van der Waals surface area contributed by atoms with Crippen LogP contribution in [0.3, 0.4) is 0 Å². The third-order valence-electron chi connectivity index (χ3n) is 6.66. The van der Waals surface area contributed by atoms with Crippen molar-refractivity contribution in [2.75, 3.05) is 10.6 Å². The zero-order valence-electron chi connectivity index (χ0n) is 26.3. The van der Waals surface area contributed by atoms with Gasteiger partial charge < -0.3 is 12.1 Å². The molecule has 1 saturated carbocycles. The van der Waals surface area contributed by atoms with Crippen molar-refractivity contribution < 1.29 is 57.4 Å². The molecule has 2 amide bonds. The molecule has 1 fully saturated rings. The quantitative estimate of drug-likeness (QED) is 0.218. The molecule has 0 aliphatic heterocycles. The van der Waals surface area contributed by atoms with Crippen LogP contribution in [0.2, 0.25) is 0 Å². The van der Waals surface area contributed by atoms with E-state index in [1.54, 1.807) is 49.5 Å². The second kappa shape index (κ2) is 15.3. The Morgan fingerprint density at radius 3 is 2.09 bits per heavy atom. The molecule has 0 saturated heterocycles. The van der Waals surface area contributed by atoms with E-state index in [9.17, 15) is 26.4 Å². The molecule has 0 bridgehead atoms. The molecule has 4 rings (SSSR count). The van der Waals surface area contributed by atoms with Crippen molar-refractivity contribution in [2.24, 2.45) is 0 Å². The van der Waals surface area contributed by atoms with E-state index >= 15 is 0 Å². The van der Waals surface area contributed by atoms with Gasteiger partial charge in [0, 0.05) is 36.0 Å². The maximum atomic E-state index is 12.9. The molecular weight excluding hydrogens is 615 g/mol. The minimum absolute atomic E-state index is 0. The Morgan fingerprint density at radius 2 is 1.50 bits per heavy atom. The number of hydrogen-bond acceptors (Lipinski definition) is 10. The third kappa shape index (κ3) is 9.24. The Morgan fingerprint density at radius 1 is 0.909 bits per heavy atom. The molecular formula is C29H37N6NaO6S2. The van der Waals surface area contributed by atoms with Crippen molar-refractivity contribution in [2.45, 2.75) is 76.0 Å². The van der Waals surface area contributed by atoms with Gasteiger partial charge in [-0.15, -0.1) is 0 Å². The van der Waals surface area contributed by atoms with Crippen LogP contribution in [0.1, 0.15) is 64.9 Å². The number of nitrogens with zero attached hydrogens (tertiary/aromatic N) is 3. The number of hydrogen-bond donors (Lipinski definition) is 3. The van der Waals surface area contributed by atoms with Crippen molar-refractivity contribution in [3.05, 3.63) is 65.9 Å². The van der Waals surface area contributed by atoms with Crippen LogP contribution in [0, 0.1) is 6.92 Å². The van der Waals surface area contributed by atoms with Gasteiger partial charge in [-0.1, -0.05) is 26.0 Å². The molecule has 1 heterocycles. The zero-order valence-corrected chi connectivity index (χ0v) is 29.0. The second-order valence-electron chi connectivity index (χ2n) is 10.4. The molecule has 44 heavy (non-hydrogen) atoms. The van der Waals surface area contributed by atoms with Crippen molar-refractivity contribution in [1.82, 2.24) is 19.0 Å². The summed E-state index contributed by atoms with van der Waals surface area (Å²) in [6.45, 7) is 5.46. The van der Waals surface area contributed by atoms with Gasteiger partial charge in [0.25, 0.3) is 10.0 Å². The van der Waals surface area contributed by atoms with Crippen LogP contribution in [0.25, 0.3) is 0 Å². The number of carbonyl (C=O) groups is 2. The Bertz CT molecular complexity index is 1690. The average molecular weight is 653 g/mol. The van der Waals surface area contributed by atoms with Gasteiger partial charge in [0.1, 0.15) is 5.82 Å². The molecule has 0 spiro atoms. The topological polar surface area (TPSA) is 168 Å². The number of aromatic nitrogens is 2. The molecule has 2 aromatic carbocycles. The Balaban J connectivity index is 0.00000353. The first kappa shape index (κ1) is 35.4. The summed E-state index contributed by atoms with van der Waals surface area (Å²) in [6, 6.07) is 13.0. The van der Waals surface area contributed by atoms with E-state index in [1.807, 2.05) is 13.8 Å². The predicted molar refractivity (Wildman–Crippen MR) is 165 cm³/mol. The standard InChI is InChI=1S/C29H36N6O6S2.Na.H/c1-4-6-26(36)34-42(38,39)24-14-12-23(13-15-24)32-29-30-18-20(3)28(33-29)31-22-10-8-21(9-11-22)19-35(27(37)7-5-2)43(40,41)25-16-17-25;;/h8-15,18,25H,4-7,16-17,19H2,1-3H3,(H,34,36)(H2,30,31,32,33);;/q;+1;-1. The number of benzene rings is 2. The molecule has 1 aliphatic rings. The molecule has 15 heteroatoms. The van der Waals surface area contributed by atoms with Crippen molar-refractivity contribution in [1.29, 1.82) is 0 Å². The van der Waals surface area contributed by atoms with E-state index in [4.69, 9.17) is 0 Å². The summed E-state index contributed by atoms with van der Waals surface area (Å²) < 4.78 is 53.7. The minimum Gasteiger partial charge on any atom is -1.00 e. The molecule has 232 valence electrons. The van der Waals surface area contributed by atoms with Gasteiger partial charge in [0.15, 0.2) is 0 Å². The summed E-state index contributed by atoms with van der Waals surface area (Å²) in [5, 5.41) is 5.80. The number of sulfonamides is 2. The maximum absolute atomic E-state index is 12.9. The number of amides is 2. The van der Waals surface area contributed by atoms with E-state index in [0.29, 0.717) is 48.4 Å². The first-order chi connectivity index (χ1) is 20.4. The molecule has 3 aromatic rings. The Labute approximate surface area is 282 Å². The summed E-state index contributed by atoms with van der Waals surface area (Å²) >= 11 is 0. The molecule has 1 aromatic heterocycles. The van der Waals surface area contributed by atoms with Gasteiger partial charge in [0.05, 0.1) is 16.7 Å². The smallest absolute Gasteiger partial charge is 1.00 e. The van der Waals surface area contributed by atoms with E-state index in [0.717, 1.165) is 9.87 Å². The van der Waals surface area contributed by atoms with Crippen LogP contribution in [0.4, 0.5) is 23.1 Å². The normalized spacial score (nSPS) is 13.0. The van der Waals surface area contributed by atoms with E-state index in [2.05, 4.69) is 25.3 Å². The van der Waals surface area contributed by atoms with Crippen molar-refractivity contribution >= 4 is 55.0 Å². The third-order valence-corrected chi connectivity index (χ3v) is 10.3. The predicted octanol–water partition coefficient (Wildman–Crippen LogP) is 1.61. The number of rotatable bonds is 14. The van der Waals surface area contributed by atoms with Crippen LogP contribution >= 0.6 is 0 Å². The first-order valence-corrected chi connectivity index (χ1v) is 17.1. The summed E-state index contributed by atoms with van der Waals surface area (Å²) in [5.41, 5.74) is 2.70. The molecule has 12 nitrogen and oxygen atoms in total. The van der Waals surface area contributed by atoms with E-state index in [-0.39, 0.29) is 67.1 Å². The van der Waals surface area contributed by atoms with Gasteiger partial charge in [-0.05, 0) is 74.6 Å². The molecule has 0 unspecified atom stereocenters. The van der Waals surface area contributed by atoms with Crippen LogP contribution < -0.4 is 44.9 Å². The van der Waals surface area contributed by atoms with Crippen molar-refractivity contribution in [3.8, 4) is 0 Å². The summed E-state index contributed by atoms with van der Waals surface area (Å²) in [4.78, 5) is 33.1. The summed E-state index contributed by atoms with van der Waals surface area (Å²) in [5.74, 6) is -0.146. The van der Waals surface area contributed by atoms with Gasteiger partial charge >= 0.3 is 29.6 Å². The monoisotopic (exact) mass is 652 g/mol. The fourth-order valence-electron chi connectivity index (χ4n) is 4.16. The largest absolute Gasteiger partial charge is 1.00 e. The number of anilines is 4. The van der Waals surface area contributed by atoms with E-state index in [1.165, 1.54) is 12.1 Å². The molecule has 3 N–H and O–H groups in total.